The van der Waals surface area contributed by atoms with Gasteiger partial charge in [-0.05, 0) is 32.3 Å². The van der Waals surface area contributed by atoms with Crippen LogP contribution in [0.25, 0.3) is 5.57 Å². The number of methoxy groups -OCH3 is 1. The van der Waals surface area contributed by atoms with Crippen LogP contribution < -0.4 is 10.5 Å². The number of nitrogens with two attached hydrogens (primary N) is 1. The first-order valence-electron chi connectivity index (χ1n) is 5.71. The van der Waals surface area contributed by atoms with Gasteiger partial charge >= 0.3 is 0 Å². The van der Waals surface area contributed by atoms with Crippen molar-refractivity contribution in [3.63, 3.8) is 0 Å². The molecule has 4 heteroatoms. The van der Waals surface area contributed by atoms with Crippen LogP contribution in [-0.4, -0.2) is 22.9 Å². The Morgan fingerprint density at radius 1 is 1.56 bits per heavy atom. The van der Waals surface area contributed by atoms with Gasteiger partial charge in [0.1, 0.15) is 5.69 Å². The lowest BCUT2D eigenvalue weighted by Crippen LogP contribution is -2.12. The van der Waals surface area contributed by atoms with Gasteiger partial charge in [-0.3, -0.25) is 4.68 Å². The van der Waals surface area contributed by atoms with Crippen LogP contribution in [0, 0.1) is 0 Å². The molecule has 0 aromatic carbocycles. The summed E-state index contributed by atoms with van der Waals surface area (Å²) >= 11 is 0. The Balaban J connectivity index is 2.44. The summed E-state index contributed by atoms with van der Waals surface area (Å²) in [6.07, 6.45) is 5.93. The van der Waals surface area contributed by atoms with Crippen molar-refractivity contribution in [3.05, 3.63) is 18.0 Å². The molecule has 2 N–H and O–H groups in total. The van der Waals surface area contributed by atoms with Crippen molar-refractivity contribution >= 4 is 5.57 Å². The van der Waals surface area contributed by atoms with Crippen LogP contribution in [0.4, 0.5) is 0 Å². The van der Waals surface area contributed by atoms with Gasteiger partial charge in [0.25, 0.3) is 0 Å². The Morgan fingerprint density at radius 3 is 2.81 bits per heavy atom. The summed E-state index contributed by atoms with van der Waals surface area (Å²) in [5.74, 6) is 0.842. The topological polar surface area (TPSA) is 53.1 Å². The predicted molar refractivity (Wildman–Crippen MR) is 64.4 cm³/mol. The summed E-state index contributed by atoms with van der Waals surface area (Å²) < 4.78 is 7.36. The molecule has 0 saturated heterocycles. The second-order valence-electron chi connectivity index (χ2n) is 4.49. The Labute approximate surface area is 96.1 Å². The molecule has 0 amide bonds. The van der Waals surface area contributed by atoms with Crippen molar-refractivity contribution in [1.82, 2.24) is 9.78 Å². The number of hydrogen-bond acceptors (Lipinski definition) is 3. The molecule has 88 valence electrons. The molecular formula is C12H19N3O. The molecule has 1 aliphatic rings. The predicted octanol–water partition coefficient (Wildman–Crippen LogP) is 1.98. The van der Waals surface area contributed by atoms with E-state index in [0.29, 0.717) is 6.04 Å². The van der Waals surface area contributed by atoms with Crippen LogP contribution >= 0.6 is 0 Å². The largest absolute Gasteiger partial charge is 0.493 e. The quantitative estimate of drug-likeness (QED) is 0.849. The van der Waals surface area contributed by atoms with Crippen molar-refractivity contribution in [2.24, 2.45) is 5.73 Å². The maximum absolute atomic E-state index is 5.90. The van der Waals surface area contributed by atoms with Gasteiger partial charge in [0.15, 0.2) is 5.75 Å². The highest BCUT2D eigenvalue weighted by Gasteiger charge is 2.22. The van der Waals surface area contributed by atoms with Crippen molar-refractivity contribution in [2.75, 3.05) is 7.11 Å². The number of ether oxygens (including phenoxy) is 1. The van der Waals surface area contributed by atoms with Gasteiger partial charge in [0.2, 0.25) is 0 Å². The van der Waals surface area contributed by atoms with Crippen LogP contribution in [0.15, 0.2) is 12.3 Å². The van der Waals surface area contributed by atoms with Gasteiger partial charge in [-0.15, -0.1) is 0 Å². The highest BCUT2D eigenvalue weighted by Crippen LogP contribution is 2.34. The Bertz CT molecular complexity index is 406. The van der Waals surface area contributed by atoms with Gasteiger partial charge < -0.3 is 10.5 Å². The lowest BCUT2D eigenvalue weighted by molar-refractivity contribution is 0.410. The lowest BCUT2D eigenvalue weighted by atomic mass is 10.1. The lowest BCUT2D eigenvalue weighted by Gasteiger charge is -2.12. The Hall–Kier alpha value is -1.29. The normalized spacial score (nSPS) is 20.3. The van der Waals surface area contributed by atoms with E-state index in [2.05, 4.69) is 25.0 Å². The zero-order valence-electron chi connectivity index (χ0n) is 10.1. The number of allylic oxidation sites excluding steroid dienone is 1. The molecule has 1 atom stereocenters. The minimum atomic E-state index is 0.176. The van der Waals surface area contributed by atoms with E-state index in [4.69, 9.17) is 10.5 Å². The highest BCUT2D eigenvalue weighted by atomic mass is 16.5. The first kappa shape index (κ1) is 11.2. The maximum Gasteiger partial charge on any atom is 0.164 e. The van der Waals surface area contributed by atoms with Crippen LogP contribution in [0.1, 0.15) is 38.4 Å². The van der Waals surface area contributed by atoms with Gasteiger partial charge in [-0.25, -0.2) is 0 Å². The zero-order chi connectivity index (χ0) is 11.7. The first-order chi connectivity index (χ1) is 7.63. The van der Waals surface area contributed by atoms with Crippen LogP contribution in [0.2, 0.25) is 0 Å². The molecule has 1 unspecified atom stereocenters. The molecule has 0 radical (unpaired) electrons. The minimum absolute atomic E-state index is 0.176. The van der Waals surface area contributed by atoms with E-state index < -0.39 is 0 Å². The number of rotatable bonds is 3. The molecule has 16 heavy (non-hydrogen) atoms. The van der Waals surface area contributed by atoms with Gasteiger partial charge in [0.05, 0.1) is 13.3 Å². The third-order valence-corrected chi connectivity index (χ3v) is 2.94. The average molecular weight is 221 g/mol. The molecule has 0 aliphatic heterocycles. The molecule has 0 spiro atoms. The smallest absolute Gasteiger partial charge is 0.164 e. The zero-order valence-corrected chi connectivity index (χ0v) is 10.1. The minimum Gasteiger partial charge on any atom is -0.493 e. The third kappa shape index (κ3) is 1.85. The summed E-state index contributed by atoms with van der Waals surface area (Å²) in [5, 5.41) is 4.37. The van der Waals surface area contributed by atoms with Crippen LogP contribution in [0.5, 0.6) is 5.75 Å². The second kappa shape index (κ2) is 4.29. The number of aromatic nitrogens is 2. The summed E-state index contributed by atoms with van der Waals surface area (Å²) in [5.41, 5.74) is 8.25. The second-order valence-corrected chi connectivity index (χ2v) is 4.49. The Morgan fingerprint density at radius 2 is 2.31 bits per heavy atom. The van der Waals surface area contributed by atoms with Gasteiger partial charge in [0, 0.05) is 12.1 Å². The average Bonchev–Trinajstić information content (AvgIpc) is 2.82. The van der Waals surface area contributed by atoms with E-state index in [1.54, 1.807) is 13.3 Å². The molecule has 2 rings (SSSR count). The summed E-state index contributed by atoms with van der Waals surface area (Å²) in [6, 6.07) is 0.506. The molecule has 0 saturated carbocycles. The molecule has 1 aromatic rings. The molecule has 1 aliphatic carbocycles. The molecular weight excluding hydrogens is 202 g/mol. The van der Waals surface area contributed by atoms with Crippen molar-refractivity contribution in [2.45, 2.75) is 38.8 Å². The van der Waals surface area contributed by atoms with E-state index >= 15 is 0 Å². The van der Waals surface area contributed by atoms with Gasteiger partial charge in [-0.2, -0.15) is 5.10 Å². The molecule has 1 heterocycles. The van der Waals surface area contributed by atoms with E-state index in [0.717, 1.165) is 24.3 Å². The number of nitrogens with zero attached hydrogens (tertiary/aromatic N) is 2. The van der Waals surface area contributed by atoms with Crippen LogP contribution in [-0.2, 0) is 0 Å². The molecule has 4 nitrogen and oxygen atoms in total. The summed E-state index contributed by atoms with van der Waals surface area (Å²) in [4.78, 5) is 0. The van der Waals surface area contributed by atoms with Gasteiger partial charge in [-0.1, -0.05) is 6.08 Å². The maximum atomic E-state index is 5.90. The van der Waals surface area contributed by atoms with Crippen molar-refractivity contribution in [1.29, 1.82) is 0 Å². The third-order valence-electron chi connectivity index (χ3n) is 2.94. The van der Waals surface area contributed by atoms with E-state index in [1.165, 1.54) is 5.57 Å². The molecule has 0 bridgehead atoms. The highest BCUT2D eigenvalue weighted by molar-refractivity contribution is 5.70. The standard InChI is InChI=1S/C12H19N3O/c1-8(2)15-12(11(16-3)7-14-15)9-4-5-10(13)6-9/h6-8,10H,4-5,13H2,1-3H3. The fraction of sp³-hybridized carbons (Fsp3) is 0.583. The molecule has 0 fully saturated rings. The first-order valence-corrected chi connectivity index (χ1v) is 5.71. The monoisotopic (exact) mass is 221 g/mol. The van der Waals surface area contributed by atoms with E-state index in [9.17, 15) is 0 Å². The fourth-order valence-electron chi connectivity index (χ4n) is 2.14. The van der Waals surface area contributed by atoms with Crippen molar-refractivity contribution in [3.8, 4) is 5.75 Å². The number of hydrogen-bond donors (Lipinski definition) is 1. The van der Waals surface area contributed by atoms with E-state index in [1.807, 2.05) is 4.68 Å². The molecule has 1 aromatic heterocycles. The Kier molecular flexibility index (Phi) is 3.01. The summed E-state index contributed by atoms with van der Waals surface area (Å²) in [6.45, 7) is 4.23. The van der Waals surface area contributed by atoms with Crippen molar-refractivity contribution < 1.29 is 4.74 Å². The SMILES string of the molecule is COc1cnn(C(C)C)c1C1=CC(N)CC1. The van der Waals surface area contributed by atoms with E-state index in [-0.39, 0.29) is 6.04 Å². The fourth-order valence-corrected chi connectivity index (χ4v) is 2.14. The summed E-state index contributed by atoms with van der Waals surface area (Å²) in [7, 11) is 1.68. The van der Waals surface area contributed by atoms with Crippen LogP contribution in [0.3, 0.4) is 0 Å².